The van der Waals surface area contributed by atoms with E-state index in [4.69, 9.17) is 25.9 Å². The highest BCUT2D eigenvalue weighted by atomic mass is 16.3. The second kappa shape index (κ2) is 12.7. The molecule has 0 saturated carbocycles. The number of aromatic nitrogens is 3. The van der Waals surface area contributed by atoms with Gasteiger partial charge in [0.2, 0.25) is 0 Å². The first-order chi connectivity index (χ1) is 25.2. The maximum Gasteiger partial charge on any atom is 0.194 e. The predicted octanol–water partition coefficient (Wildman–Crippen LogP) is 12.3. The van der Waals surface area contributed by atoms with Crippen LogP contribution in [-0.4, -0.2) is 15.0 Å². The standard InChI is InChI=1S/C46H28N4O/c1-47-40-23-9-8-21-37(40)34-19-10-17-32(27-34)33-18-11-20-35(28-33)45-48-44(31-15-6-3-7-16-31)49-46(50-45)36-25-26-39-42(29-36)51-41-24-12-22-38(43(39)41)30-13-4-2-5-14-30/h2-29H. The van der Waals surface area contributed by atoms with Crippen LogP contribution >= 0.6 is 0 Å². The zero-order chi connectivity index (χ0) is 34.1. The average Bonchev–Trinajstić information content (AvgIpc) is 3.60. The van der Waals surface area contributed by atoms with E-state index < -0.39 is 0 Å². The Morgan fingerprint density at radius 3 is 1.65 bits per heavy atom. The maximum absolute atomic E-state index is 7.64. The number of hydrogen-bond acceptors (Lipinski definition) is 4. The molecular weight excluding hydrogens is 625 g/mol. The van der Waals surface area contributed by atoms with Gasteiger partial charge in [0.1, 0.15) is 11.2 Å². The molecule has 0 unspecified atom stereocenters. The summed E-state index contributed by atoms with van der Waals surface area (Å²) < 4.78 is 6.44. The lowest BCUT2D eigenvalue weighted by molar-refractivity contribution is 0.669. The summed E-state index contributed by atoms with van der Waals surface area (Å²) in [5.41, 5.74) is 11.1. The van der Waals surface area contributed by atoms with Crippen molar-refractivity contribution in [2.75, 3.05) is 0 Å². The number of hydrogen-bond donors (Lipinski definition) is 0. The number of fused-ring (bicyclic) bond motifs is 3. The minimum atomic E-state index is 0.563. The molecule has 0 aliphatic rings. The molecule has 2 aromatic heterocycles. The molecule has 7 aromatic carbocycles. The fraction of sp³-hybridized carbons (Fsp3) is 0. The number of benzene rings is 7. The number of para-hydroxylation sites is 1. The Morgan fingerprint density at radius 1 is 0.392 bits per heavy atom. The summed E-state index contributed by atoms with van der Waals surface area (Å²) in [7, 11) is 0. The highest BCUT2D eigenvalue weighted by Crippen LogP contribution is 2.39. The molecule has 9 rings (SSSR count). The van der Waals surface area contributed by atoms with Crippen LogP contribution in [0.25, 0.3) is 94.3 Å². The largest absolute Gasteiger partial charge is 0.456 e. The molecule has 0 fully saturated rings. The number of nitrogens with zero attached hydrogens (tertiary/aromatic N) is 4. The topological polar surface area (TPSA) is 56.2 Å². The first-order valence-electron chi connectivity index (χ1n) is 16.7. The van der Waals surface area contributed by atoms with Crippen LogP contribution in [0.4, 0.5) is 5.69 Å². The van der Waals surface area contributed by atoms with Gasteiger partial charge in [0.25, 0.3) is 0 Å². The van der Waals surface area contributed by atoms with Crippen molar-refractivity contribution in [2.45, 2.75) is 0 Å². The van der Waals surface area contributed by atoms with E-state index in [0.717, 1.165) is 72.0 Å². The Bertz CT molecular complexity index is 2760. The Morgan fingerprint density at radius 2 is 0.922 bits per heavy atom. The van der Waals surface area contributed by atoms with E-state index in [-0.39, 0.29) is 0 Å². The van der Waals surface area contributed by atoms with Crippen LogP contribution in [0.3, 0.4) is 0 Å². The lowest BCUT2D eigenvalue weighted by Crippen LogP contribution is -2.00. The number of rotatable bonds is 6. The highest BCUT2D eigenvalue weighted by Gasteiger charge is 2.17. The first-order valence-corrected chi connectivity index (χ1v) is 16.7. The molecule has 0 amide bonds. The van der Waals surface area contributed by atoms with Crippen molar-refractivity contribution < 1.29 is 4.42 Å². The van der Waals surface area contributed by atoms with Gasteiger partial charge in [-0.2, -0.15) is 0 Å². The molecule has 0 aliphatic carbocycles. The van der Waals surface area contributed by atoms with Crippen LogP contribution in [0.2, 0.25) is 0 Å². The molecule has 9 aromatic rings. The Hall–Kier alpha value is -7.16. The molecule has 5 nitrogen and oxygen atoms in total. The Kier molecular flexibility index (Phi) is 7.46. The first kappa shape index (κ1) is 29.9. The van der Waals surface area contributed by atoms with Crippen molar-refractivity contribution in [3.8, 4) is 67.5 Å². The van der Waals surface area contributed by atoms with E-state index >= 15 is 0 Å². The summed E-state index contributed by atoms with van der Waals surface area (Å²) in [4.78, 5) is 18.8. The molecule has 0 aliphatic heterocycles. The van der Waals surface area contributed by atoms with Gasteiger partial charge in [-0.15, -0.1) is 0 Å². The zero-order valence-electron chi connectivity index (χ0n) is 27.4. The quantitative estimate of drug-likeness (QED) is 0.168. The lowest BCUT2D eigenvalue weighted by Gasteiger charge is -2.11. The maximum atomic E-state index is 7.64. The van der Waals surface area contributed by atoms with Crippen molar-refractivity contribution >= 4 is 27.6 Å². The molecular formula is C46H28N4O. The van der Waals surface area contributed by atoms with Gasteiger partial charge in [0.15, 0.2) is 23.2 Å². The van der Waals surface area contributed by atoms with Gasteiger partial charge < -0.3 is 4.42 Å². The zero-order valence-corrected chi connectivity index (χ0v) is 27.4. The van der Waals surface area contributed by atoms with Gasteiger partial charge >= 0.3 is 0 Å². The van der Waals surface area contributed by atoms with Crippen molar-refractivity contribution in [1.82, 2.24) is 15.0 Å². The molecule has 5 heteroatoms. The number of furan rings is 1. The average molecular weight is 653 g/mol. The second-order valence-corrected chi connectivity index (χ2v) is 12.3. The summed E-state index contributed by atoms with van der Waals surface area (Å²) in [6.45, 7) is 7.64. The van der Waals surface area contributed by atoms with E-state index in [9.17, 15) is 0 Å². The van der Waals surface area contributed by atoms with Gasteiger partial charge in [0.05, 0.1) is 6.57 Å². The van der Waals surface area contributed by atoms with Crippen LogP contribution in [-0.2, 0) is 0 Å². The molecule has 0 saturated heterocycles. The van der Waals surface area contributed by atoms with Gasteiger partial charge in [-0.3, -0.25) is 0 Å². The van der Waals surface area contributed by atoms with Crippen LogP contribution in [0.15, 0.2) is 174 Å². The van der Waals surface area contributed by atoms with Crippen molar-refractivity contribution in [3.05, 3.63) is 181 Å². The molecule has 0 bridgehead atoms. The monoisotopic (exact) mass is 652 g/mol. The van der Waals surface area contributed by atoms with E-state index in [1.165, 1.54) is 0 Å². The fourth-order valence-corrected chi connectivity index (χ4v) is 6.69. The summed E-state index contributed by atoms with van der Waals surface area (Å²) in [5.74, 6) is 1.73. The van der Waals surface area contributed by atoms with Crippen LogP contribution in [0, 0.1) is 6.57 Å². The molecule has 0 atom stereocenters. The van der Waals surface area contributed by atoms with Crippen LogP contribution < -0.4 is 0 Å². The van der Waals surface area contributed by atoms with Crippen LogP contribution in [0.5, 0.6) is 0 Å². The lowest BCUT2D eigenvalue weighted by atomic mass is 9.97. The molecule has 0 N–H and O–H groups in total. The Labute approximate surface area is 295 Å². The SMILES string of the molecule is [C-]#[N+]c1ccccc1-c1cccc(-c2cccc(-c3nc(-c4ccccc4)nc(-c4ccc5c(c4)oc4cccc(-c6ccccc6)c45)n3)c2)c1. The van der Waals surface area contributed by atoms with Crippen molar-refractivity contribution in [1.29, 1.82) is 0 Å². The third-order valence-corrected chi connectivity index (χ3v) is 9.16. The molecule has 2 heterocycles. The van der Waals surface area contributed by atoms with E-state index in [2.05, 4.69) is 71.6 Å². The summed E-state index contributed by atoms with van der Waals surface area (Å²) in [6, 6.07) is 57.0. The van der Waals surface area contributed by atoms with Gasteiger partial charge in [-0.1, -0.05) is 140 Å². The summed E-state index contributed by atoms with van der Waals surface area (Å²) in [5, 5.41) is 2.13. The van der Waals surface area contributed by atoms with Gasteiger partial charge in [0, 0.05) is 27.5 Å². The third kappa shape index (κ3) is 5.61. The Balaban J connectivity index is 1.16. The smallest absolute Gasteiger partial charge is 0.194 e. The highest BCUT2D eigenvalue weighted by molar-refractivity contribution is 6.13. The van der Waals surface area contributed by atoms with Crippen molar-refractivity contribution in [3.63, 3.8) is 0 Å². The van der Waals surface area contributed by atoms with Crippen molar-refractivity contribution in [2.24, 2.45) is 0 Å². The van der Waals surface area contributed by atoms with E-state index in [1.807, 2.05) is 103 Å². The van der Waals surface area contributed by atoms with Gasteiger partial charge in [-0.05, 0) is 63.7 Å². The molecule has 238 valence electrons. The normalized spacial score (nSPS) is 11.1. The van der Waals surface area contributed by atoms with Gasteiger partial charge in [-0.25, -0.2) is 19.8 Å². The van der Waals surface area contributed by atoms with Crippen LogP contribution in [0.1, 0.15) is 0 Å². The minimum absolute atomic E-state index is 0.563. The van der Waals surface area contributed by atoms with E-state index in [0.29, 0.717) is 23.2 Å². The molecule has 0 spiro atoms. The molecule has 51 heavy (non-hydrogen) atoms. The fourth-order valence-electron chi connectivity index (χ4n) is 6.69. The third-order valence-electron chi connectivity index (χ3n) is 9.16. The minimum Gasteiger partial charge on any atom is -0.456 e. The summed E-state index contributed by atoms with van der Waals surface area (Å²) >= 11 is 0. The second-order valence-electron chi connectivity index (χ2n) is 12.3. The predicted molar refractivity (Wildman–Crippen MR) is 206 cm³/mol. The summed E-state index contributed by atoms with van der Waals surface area (Å²) in [6.07, 6.45) is 0. The molecule has 0 radical (unpaired) electrons. The van der Waals surface area contributed by atoms with E-state index in [1.54, 1.807) is 0 Å².